The lowest BCUT2D eigenvalue weighted by atomic mass is 10.3. The Labute approximate surface area is 117 Å². The van der Waals surface area contributed by atoms with Gasteiger partial charge in [-0.3, -0.25) is 15.1 Å². The standard InChI is InChI=1S/C13H20N6O/c1-7(2)19-10(5)11(9(4)18-19)15-13(20)16-12-8(3)6-14-17-12/h6-7H,1-5H3,(H3,14,15,16,17,20). The molecule has 0 fully saturated rings. The van der Waals surface area contributed by atoms with Gasteiger partial charge in [0.25, 0.3) is 0 Å². The number of carbonyl (C=O) groups is 1. The predicted molar refractivity (Wildman–Crippen MR) is 78.1 cm³/mol. The summed E-state index contributed by atoms with van der Waals surface area (Å²) in [6.45, 7) is 9.79. The molecule has 0 aliphatic carbocycles. The Morgan fingerprint density at radius 3 is 2.50 bits per heavy atom. The van der Waals surface area contributed by atoms with Crippen molar-refractivity contribution in [2.45, 2.75) is 40.7 Å². The second-order valence-electron chi connectivity index (χ2n) is 5.09. The Morgan fingerprint density at radius 2 is 2.00 bits per heavy atom. The first kappa shape index (κ1) is 14.1. The predicted octanol–water partition coefficient (Wildman–Crippen LogP) is 2.76. The summed E-state index contributed by atoms with van der Waals surface area (Å²) in [4.78, 5) is 12.0. The number of anilines is 2. The summed E-state index contributed by atoms with van der Waals surface area (Å²) in [5, 5.41) is 16.6. The minimum absolute atomic E-state index is 0.252. The SMILES string of the molecule is Cc1cn[nH]c1NC(=O)Nc1c(C)nn(C(C)C)c1C. The fourth-order valence-corrected chi connectivity index (χ4v) is 2.08. The van der Waals surface area contributed by atoms with Crippen LogP contribution in [0, 0.1) is 20.8 Å². The van der Waals surface area contributed by atoms with Gasteiger partial charge >= 0.3 is 6.03 Å². The number of H-pyrrole nitrogens is 1. The van der Waals surface area contributed by atoms with Gasteiger partial charge in [-0.15, -0.1) is 0 Å². The number of amides is 2. The van der Waals surface area contributed by atoms with Gasteiger partial charge in [0.2, 0.25) is 0 Å². The van der Waals surface area contributed by atoms with Crippen molar-refractivity contribution in [2.24, 2.45) is 0 Å². The lowest BCUT2D eigenvalue weighted by Gasteiger charge is -2.10. The normalized spacial score (nSPS) is 10.9. The molecular weight excluding hydrogens is 256 g/mol. The first-order chi connectivity index (χ1) is 9.40. The zero-order valence-electron chi connectivity index (χ0n) is 12.4. The summed E-state index contributed by atoms with van der Waals surface area (Å²) in [6.07, 6.45) is 1.66. The number of aromatic amines is 1. The lowest BCUT2D eigenvalue weighted by molar-refractivity contribution is 0.262. The van der Waals surface area contributed by atoms with E-state index >= 15 is 0 Å². The molecule has 0 bridgehead atoms. The van der Waals surface area contributed by atoms with Crippen LogP contribution in [-0.4, -0.2) is 26.0 Å². The molecule has 0 radical (unpaired) electrons. The number of urea groups is 1. The Morgan fingerprint density at radius 1 is 1.30 bits per heavy atom. The molecule has 108 valence electrons. The first-order valence-corrected chi connectivity index (χ1v) is 6.53. The number of hydrogen-bond donors (Lipinski definition) is 3. The number of aryl methyl sites for hydroxylation is 2. The first-order valence-electron chi connectivity index (χ1n) is 6.53. The Balaban J connectivity index is 2.14. The zero-order valence-corrected chi connectivity index (χ0v) is 12.4. The van der Waals surface area contributed by atoms with Crippen molar-refractivity contribution in [3.63, 3.8) is 0 Å². The number of nitrogens with zero attached hydrogens (tertiary/aromatic N) is 3. The summed E-state index contributed by atoms with van der Waals surface area (Å²) in [5.74, 6) is 0.592. The minimum atomic E-state index is -0.313. The van der Waals surface area contributed by atoms with E-state index in [-0.39, 0.29) is 12.1 Å². The van der Waals surface area contributed by atoms with Crippen LogP contribution >= 0.6 is 0 Å². The van der Waals surface area contributed by atoms with Gasteiger partial charge < -0.3 is 5.32 Å². The van der Waals surface area contributed by atoms with Gasteiger partial charge in [0.05, 0.1) is 23.3 Å². The quantitative estimate of drug-likeness (QED) is 0.805. The largest absolute Gasteiger partial charge is 0.324 e. The number of nitrogens with one attached hydrogen (secondary N) is 3. The van der Waals surface area contributed by atoms with E-state index in [2.05, 4.69) is 39.8 Å². The average molecular weight is 276 g/mol. The Kier molecular flexibility index (Phi) is 3.78. The molecular formula is C13H20N6O. The number of carbonyl (C=O) groups excluding carboxylic acids is 1. The van der Waals surface area contributed by atoms with E-state index < -0.39 is 0 Å². The van der Waals surface area contributed by atoms with E-state index in [0.717, 1.165) is 22.6 Å². The third-order valence-electron chi connectivity index (χ3n) is 3.12. The van der Waals surface area contributed by atoms with E-state index in [1.165, 1.54) is 0 Å². The molecule has 0 aromatic carbocycles. The van der Waals surface area contributed by atoms with Crippen molar-refractivity contribution in [1.29, 1.82) is 0 Å². The molecule has 0 spiro atoms. The Hall–Kier alpha value is -2.31. The van der Waals surface area contributed by atoms with Crippen molar-refractivity contribution in [2.75, 3.05) is 10.6 Å². The molecule has 3 N–H and O–H groups in total. The van der Waals surface area contributed by atoms with E-state index in [1.54, 1.807) is 6.20 Å². The van der Waals surface area contributed by atoms with Crippen molar-refractivity contribution in [1.82, 2.24) is 20.0 Å². The molecule has 2 aromatic rings. The van der Waals surface area contributed by atoms with Crippen LogP contribution in [0.5, 0.6) is 0 Å². The molecule has 2 heterocycles. The lowest BCUT2D eigenvalue weighted by Crippen LogP contribution is -2.21. The zero-order chi connectivity index (χ0) is 14.9. The molecule has 20 heavy (non-hydrogen) atoms. The van der Waals surface area contributed by atoms with E-state index in [4.69, 9.17) is 0 Å². The second kappa shape index (κ2) is 5.36. The molecule has 0 atom stereocenters. The molecule has 0 unspecified atom stereocenters. The maximum atomic E-state index is 12.0. The second-order valence-corrected chi connectivity index (χ2v) is 5.09. The van der Waals surface area contributed by atoms with Gasteiger partial charge in [0.1, 0.15) is 5.82 Å². The number of rotatable bonds is 3. The summed E-state index contributed by atoms with van der Waals surface area (Å²) < 4.78 is 1.90. The van der Waals surface area contributed by atoms with Gasteiger partial charge in [-0.05, 0) is 34.6 Å². The molecule has 2 aromatic heterocycles. The molecule has 2 amide bonds. The summed E-state index contributed by atoms with van der Waals surface area (Å²) >= 11 is 0. The van der Waals surface area contributed by atoms with Gasteiger partial charge in [-0.25, -0.2) is 4.79 Å². The fraction of sp³-hybridized carbons (Fsp3) is 0.462. The maximum absolute atomic E-state index is 12.0. The van der Waals surface area contributed by atoms with Crippen LogP contribution in [0.4, 0.5) is 16.3 Å². The third kappa shape index (κ3) is 2.66. The highest BCUT2D eigenvalue weighted by molar-refractivity contribution is 6.00. The maximum Gasteiger partial charge on any atom is 0.324 e. The molecule has 7 heteroatoms. The van der Waals surface area contributed by atoms with E-state index in [1.807, 2.05) is 25.5 Å². The molecule has 0 saturated heterocycles. The molecule has 0 aliphatic heterocycles. The van der Waals surface area contributed by atoms with Gasteiger partial charge in [-0.1, -0.05) is 0 Å². The van der Waals surface area contributed by atoms with Crippen molar-refractivity contribution in [3.05, 3.63) is 23.1 Å². The highest BCUT2D eigenvalue weighted by Gasteiger charge is 2.16. The Bertz CT molecular complexity index is 625. The van der Waals surface area contributed by atoms with Crippen LogP contribution in [0.3, 0.4) is 0 Å². The van der Waals surface area contributed by atoms with Gasteiger partial charge in [-0.2, -0.15) is 10.2 Å². The van der Waals surface area contributed by atoms with E-state index in [9.17, 15) is 4.79 Å². The number of hydrogen-bond acceptors (Lipinski definition) is 3. The van der Waals surface area contributed by atoms with E-state index in [0.29, 0.717) is 5.82 Å². The fourth-order valence-electron chi connectivity index (χ4n) is 2.08. The molecule has 2 rings (SSSR count). The van der Waals surface area contributed by atoms with Crippen molar-refractivity contribution < 1.29 is 4.79 Å². The van der Waals surface area contributed by atoms with Crippen LogP contribution in [0.15, 0.2) is 6.20 Å². The average Bonchev–Trinajstić information content (AvgIpc) is 2.88. The van der Waals surface area contributed by atoms with Gasteiger partial charge in [0, 0.05) is 11.6 Å². The van der Waals surface area contributed by atoms with Crippen molar-refractivity contribution in [3.8, 4) is 0 Å². The van der Waals surface area contributed by atoms with Gasteiger partial charge in [0.15, 0.2) is 0 Å². The molecule has 7 nitrogen and oxygen atoms in total. The topological polar surface area (TPSA) is 87.6 Å². The number of aromatic nitrogens is 4. The molecule has 0 saturated carbocycles. The van der Waals surface area contributed by atoms with Crippen LogP contribution in [-0.2, 0) is 0 Å². The highest BCUT2D eigenvalue weighted by Crippen LogP contribution is 2.22. The third-order valence-corrected chi connectivity index (χ3v) is 3.12. The van der Waals surface area contributed by atoms with Crippen LogP contribution < -0.4 is 10.6 Å². The summed E-state index contributed by atoms with van der Waals surface area (Å²) in [7, 11) is 0. The van der Waals surface area contributed by atoms with Crippen LogP contribution in [0.2, 0.25) is 0 Å². The van der Waals surface area contributed by atoms with Crippen LogP contribution in [0.25, 0.3) is 0 Å². The smallest absolute Gasteiger partial charge is 0.304 e. The highest BCUT2D eigenvalue weighted by atomic mass is 16.2. The monoisotopic (exact) mass is 276 g/mol. The molecule has 0 aliphatic rings. The minimum Gasteiger partial charge on any atom is -0.304 e. The summed E-state index contributed by atoms with van der Waals surface area (Å²) in [6, 6.07) is -0.0611. The van der Waals surface area contributed by atoms with Crippen molar-refractivity contribution >= 4 is 17.5 Å². The summed E-state index contributed by atoms with van der Waals surface area (Å²) in [5.41, 5.74) is 3.36. The van der Waals surface area contributed by atoms with Crippen LogP contribution in [0.1, 0.15) is 36.8 Å².